The number of amides is 2. The minimum atomic E-state index is -4.55. The van der Waals surface area contributed by atoms with E-state index in [0.717, 1.165) is 67.9 Å². The molecule has 1 aromatic carbocycles. The Balaban J connectivity index is 1.36. The first-order valence-corrected chi connectivity index (χ1v) is 14.7. The maximum absolute atomic E-state index is 13.1. The van der Waals surface area contributed by atoms with Gasteiger partial charge in [-0.05, 0) is 62.8 Å². The van der Waals surface area contributed by atoms with Gasteiger partial charge in [-0.15, -0.1) is 0 Å². The summed E-state index contributed by atoms with van der Waals surface area (Å²) in [5.74, 6) is -0.484. The Bertz CT molecular complexity index is 1730. The molecule has 12 heteroatoms. The van der Waals surface area contributed by atoms with Gasteiger partial charge in [0, 0.05) is 41.5 Å². The number of fused-ring (bicyclic) bond motifs is 3. The van der Waals surface area contributed by atoms with Gasteiger partial charge in [0.2, 0.25) is 5.91 Å². The van der Waals surface area contributed by atoms with Gasteiger partial charge in [0.25, 0.3) is 5.91 Å². The number of hydrogen-bond donors (Lipinski definition) is 3. The van der Waals surface area contributed by atoms with E-state index in [2.05, 4.69) is 32.8 Å². The predicted octanol–water partition coefficient (Wildman–Crippen LogP) is 6.39. The minimum Gasteiger partial charge on any atom is -0.383 e. The van der Waals surface area contributed by atoms with Crippen LogP contribution >= 0.6 is 0 Å². The number of alkyl halides is 3. The molecule has 4 heterocycles. The molecule has 228 valence electrons. The number of nitrogen functional groups attached to an aromatic ring is 1. The molecule has 0 radical (unpaired) electrons. The van der Waals surface area contributed by atoms with Crippen LogP contribution < -0.4 is 16.4 Å². The zero-order chi connectivity index (χ0) is 30.8. The van der Waals surface area contributed by atoms with Crippen molar-refractivity contribution in [1.82, 2.24) is 25.1 Å². The number of allylic oxidation sites excluding steroid dienone is 1. The van der Waals surface area contributed by atoms with Crippen LogP contribution in [0.3, 0.4) is 0 Å². The number of carbonyl (C=O) groups is 2. The lowest BCUT2D eigenvalue weighted by Gasteiger charge is -2.29. The first-order valence-electron chi connectivity index (χ1n) is 14.7. The third kappa shape index (κ3) is 6.01. The van der Waals surface area contributed by atoms with Gasteiger partial charge in [0.15, 0.2) is 0 Å². The van der Waals surface area contributed by atoms with Crippen LogP contribution in [0.25, 0.3) is 28.2 Å². The molecule has 2 aliphatic rings. The lowest BCUT2D eigenvalue weighted by Crippen LogP contribution is -2.35. The van der Waals surface area contributed by atoms with E-state index in [4.69, 9.17) is 10.8 Å². The number of anilines is 2. The molecule has 2 bridgehead atoms. The average Bonchev–Trinajstić information content (AvgIpc) is 3.43. The van der Waals surface area contributed by atoms with Gasteiger partial charge >= 0.3 is 6.18 Å². The van der Waals surface area contributed by atoms with Crippen molar-refractivity contribution in [2.45, 2.75) is 57.2 Å². The van der Waals surface area contributed by atoms with Gasteiger partial charge in [-0.1, -0.05) is 30.7 Å². The van der Waals surface area contributed by atoms with E-state index in [0.29, 0.717) is 35.4 Å². The Kier molecular flexibility index (Phi) is 8.07. The van der Waals surface area contributed by atoms with Crippen LogP contribution in [0.2, 0.25) is 0 Å². The highest BCUT2D eigenvalue weighted by Crippen LogP contribution is 2.40. The summed E-state index contributed by atoms with van der Waals surface area (Å²) >= 11 is 0. The molecule has 3 aromatic heterocycles. The monoisotopic (exact) mass is 603 g/mol. The van der Waals surface area contributed by atoms with Crippen LogP contribution in [-0.2, 0) is 11.0 Å². The first kappa shape index (κ1) is 29.3. The maximum atomic E-state index is 13.1. The Morgan fingerprint density at radius 3 is 2.68 bits per heavy atom. The number of hydrogen-bond acceptors (Lipinski definition) is 6. The predicted molar refractivity (Wildman–Crippen MR) is 161 cm³/mol. The third-order valence-electron chi connectivity index (χ3n) is 8.29. The third-order valence-corrected chi connectivity index (χ3v) is 8.29. The van der Waals surface area contributed by atoms with Gasteiger partial charge in [-0.3, -0.25) is 14.3 Å². The molecule has 4 aromatic rings. The fourth-order valence-corrected chi connectivity index (χ4v) is 6.03. The summed E-state index contributed by atoms with van der Waals surface area (Å²) in [4.78, 5) is 34.1. The molecule has 1 fully saturated rings. The number of nitrogens with zero attached hydrogens (tertiary/aromatic N) is 4. The average molecular weight is 604 g/mol. The van der Waals surface area contributed by atoms with Crippen molar-refractivity contribution < 1.29 is 22.8 Å². The number of aromatic nitrogens is 4. The molecule has 0 spiro atoms. The molecule has 44 heavy (non-hydrogen) atoms. The second-order valence-electron chi connectivity index (χ2n) is 11.3. The van der Waals surface area contributed by atoms with Gasteiger partial charge < -0.3 is 16.4 Å². The first-order chi connectivity index (χ1) is 21.2. The van der Waals surface area contributed by atoms with E-state index in [1.165, 1.54) is 0 Å². The fourth-order valence-electron chi connectivity index (χ4n) is 6.03. The van der Waals surface area contributed by atoms with E-state index in [1.807, 2.05) is 4.68 Å². The van der Waals surface area contributed by atoms with Crippen molar-refractivity contribution in [2.75, 3.05) is 17.6 Å². The highest BCUT2D eigenvalue weighted by atomic mass is 19.4. The second-order valence-corrected chi connectivity index (χ2v) is 11.3. The van der Waals surface area contributed by atoms with E-state index in [-0.39, 0.29) is 29.2 Å². The van der Waals surface area contributed by atoms with Crippen LogP contribution in [0.5, 0.6) is 0 Å². The van der Waals surface area contributed by atoms with Crippen molar-refractivity contribution in [2.24, 2.45) is 5.92 Å². The van der Waals surface area contributed by atoms with Crippen molar-refractivity contribution >= 4 is 40.4 Å². The van der Waals surface area contributed by atoms with E-state index in [9.17, 15) is 22.8 Å². The highest BCUT2D eigenvalue weighted by Gasteiger charge is 2.32. The summed E-state index contributed by atoms with van der Waals surface area (Å²) in [5, 5.41) is 11.3. The zero-order valence-electron chi connectivity index (χ0n) is 23.9. The number of pyridine rings is 2. The van der Waals surface area contributed by atoms with E-state index >= 15 is 0 Å². The van der Waals surface area contributed by atoms with Crippen molar-refractivity contribution in [3.05, 3.63) is 71.6 Å². The summed E-state index contributed by atoms with van der Waals surface area (Å²) in [7, 11) is 0. The number of nitrogens with one attached hydrogen (secondary N) is 2. The second kappa shape index (κ2) is 12.1. The van der Waals surface area contributed by atoms with E-state index < -0.39 is 17.6 Å². The molecule has 2 amide bonds. The molecule has 0 saturated heterocycles. The summed E-state index contributed by atoms with van der Waals surface area (Å²) < 4.78 is 41.3. The number of rotatable bonds is 3. The maximum Gasteiger partial charge on any atom is 0.416 e. The van der Waals surface area contributed by atoms with Crippen molar-refractivity contribution in [1.29, 1.82) is 0 Å². The molecule has 6 rings (SSSR count). The number of benzene rings is 1. The van der Waals surface area contributed by atoms with Crippen LogP contribution in [0, 0.1) is 5.92 Å². The standard InChI is InChI=1S/C32H32F3N7O2/c33-32(34,35)23-13-15-37-25(17-23)40-31(44)20-11-9-19(10-12-20)27-26-28-22(18-39-29(26)36)6-3-1-2-4-14-38-30(43)21-7-5-8-24(16-21)42(28)41-27/h3,6,9-13,15,17-18,21,24H,1-2,4-5,7-8,14,16H2,(H2,36,39)(H,38,43)(H,37,40,44)/b6-3+/t21-,24-/m1/s1. The van der Waals surface area contributed by atoms with Crippen LogP contribution in [-0.4, -0.2) is 38.1 Å². The van der Waals surface area contributed by atoms with Crippen LogP contribution in [0.1, 0.15) is 72.5 Å². The van der Waals surface area contributed by atoms with Crippen LogP contribution in [0.4, 0.5) is 24.8 Å². The Morgan fingerprint density at radius 1 is 1.07 bits per heavy atom. The van der Waals surface area contributed by atoms with Crippen molar-refractivity contribution in [3.8, 4) is 11.3 Å². The quantitative estimate of drug-likeness (QED) is 0.249. The summed E-state index contributed by atoms with van der Waals surface area (Å²) in [5.41, 5.74) is 8.84. The van der Waals surface area contributed by atoms with Gasteiger partial charge in [0.1, 0.15) is 17.3 Å². The van der Waals surface area contributed by atoms with Gasteiger partial charge in [0.05, 0.1) is 22.5 Å². The largest absolute Gasteiger partial charge is 0.416 e. The Hall–Kier alpha value is -4.74. The lowest BCUT2D eigenvalue weighted by atomic mass is 9.85. The highest BCUT2D eigenvalue weighted by molar-refractivity contribution is 6.06. The van der Waals surface area contributed by atoms with Crippen LogP contribution in [0.15, 0.2) is 54.9 Å². The smallest absolute Gasteiger partial charge is 0.383 e. The lowest BCUT2D eigenvalue weighted by molar-refractivity contribution is -0.137. The van der Waals surface area contributed by atoms with Gasteiger partial charge in [-0.2, -0.15) is 18.3 Å². The Labute approximate surface area is 251 Å². The normalized spacial score (nSPS) is 20.0. The zero-order valence-corrected chi connectivity index (χ0v) is 23.9. The summed E-state index contributed by atoms with van der Waals surface area (Å²) in [6.07, 6.45) is 8.34. The molecule has 1 aliphatic carbocycles. The SMILES string of the molecule is Nc1ncc2c3c1c(-c1ccc(C(=O)Nc4cc(C(F)(F)F)ccn4)cc1)nn3[C@@H]1CCC[C@H](C1)C(=O)NCCCC/C=C/2. The fraction of sp³-hybridized carbons (Fsp3) is 0.344. The Morgan fingerprint density at radius 2 is 1.89 bits per heavy atom. The molecular weight excluding hydrogens is 571 g/mol. The number of nitrogens with two attached hydrogens (primary N) is 1. The summed E-state index contributed by atoms with van der Waals surface area (Å²) in [6.45, 7) is 0.670. The minimum absolute atomic E-state index is 0.0161. The number of halogens is 3. The van der Waals surface area contributed by atoms with Gasteiger partial charge in [-0.25, -0.2) is 9.97 Å². The topological polar surface area (TPSA) is 128 Å². The molecule has 1 saturated carbocycles. The van der Waals surface area contributed by atoms with E-state index in [1.54, 1.807) is 30.5 Å². The van der Waals surface area contributed by atoms with Crippen molar-refractivity contribution in [3.63, 3.8) is 0 Å². The number of carbonyl (C=O) groups excluding carboxylic acids is 2. The molecule has 1 aliphatic heterocycles. The molecule has 2 atom stereocenters. The molecule has 9 nitrogen and oxygen atoms in total. The molecule has 0 unspecified atom stereocenters. The molecular formula is C32H32F3N7O2. The molecule has 4 N–H and O–H groups in total. The summed E-state index contributed by atoms with van der Waals surface area (Å²) in [6, 6.07) is 8.22.